The van der Waals surface area contributed by atoms with Crippen LogP contribution in [0.4, 0.5) is 0 Å². The summed E-state index contributed by atoms with van der Waals surface area (Å²) in [6.45, 7) is -0.733. The van der Waals surface area contributed by atoms with Crippen molar-refractivity contribution in [1.82, 2.24) is 0 Å². The van der Waals surface area contributed by atoms with Crippen molar-refractivity contribution in [3.8, 4) is 23.0 Å². The molecule has 2 aliphatic rings. The molecule has 0 spiro atoms. The fourth-order valence-corrected chi connectivity index (χ4v) is 4.87. The number of carbonyl (C=O) groups is 1. The molecule has 4 rings (SSSR count). The fourth-order valence-electron chi connectivity index (χ4n) is 4.87. The second-order valence-corrected chi connectivity index (χ2v) is 9.39. The Hall–Kier alpha value is -3.13. The van der Waals surface area contributed by atoms with Crippen LogP contribution in [0.1, 0.15) is 11.1 Å². The van der Waals surface area contributed by atoms with Crippen LogP contribution in [0.15, 0.2) is 36.4 Å². The Kier molecular flexibility index (Phi) is 8.31. The standard InChI is InChI=1S/C26H32O12/c1-34-18-8-13(3-5-16(18)28)7-15-12-36-25(33)26(15,10-14-4-6-17(29)19(9-14)35-2)38-24-23(32)22(31)21(30)20(11-27)37-24/h3-6,8-9,15,20-24,27-32H,7,10-12H2,1-2H3/t15-,20-,21-,22+,23-,24+,26+/m1/s1. The Morgan fingerprint density at radius 2 is 1.53 bits per heavy atom. The number of methoxy groups -OCH3 is 2. The van der Waals surface area contributed by atoms with Crippen LogP contribution in [0.2, 0.25) is 0 Å². The minimum atomic E-state index is -1.76. The smallest absolute Gasteiger partial charge is 0.339 e. The summed E-state index contributed by atoms with van der Waals surface area (Å²) < 4.78 is 27.6. The van der Waals surface area contributed by atoms with Crippen LogP contribution in [-0.2, 0) is 31.8 Å². The summed E-state index contributed by atoms with van der Waals surface area (Å²) in [5.74, 6) is -1.18. The molecule has 0 amide bonds. The first kappa shape index (κ1) is 27.9. The number of aromatic hydroxyl groups is 2. The van der Waals surface area contributed by atoms with Crippen molar-refractivity contribution < 1.29 is 59.1 Å². The third-order valence-corrected chi connectivity index (χ3v) is 7.03. The predicted molar refractivity (Wildman–Crippen MR) is 129 cm³/mol. The molecule has 0 bridgehead atoms. The Morgan fingerprint density at radius 3 is 2.13 bits per heavy atom. The van der Waals surface area contributed by atoms with E-state index in [0.29, 0.717) is 11.1 Å². The zero-order chi connectivity index (χ0) is 27.6. The number of aliphatic hydroxyl groups excluding tert-OH is 4. The van der Waals surface area contributed by atoms with Gasteiger partial charge in [0.05, 0.1) is 27.4 Å². The maximum Gasteiger partial charge on any atom is 0.339 e. The molecule has 12 heteroatoms. The molecule has 2 aromatic carbocycles. The number of esters is 1. The van der Waals surface area contributed by atoms with Gasteiger partial charge in [-0.15, -0.1) is 0 Å². The Balaban J connectivity index is 1.73. The monoisotopic (exact) mass is 536 g/mol. The van der Waals surface area contributed by atoms with E-state index >= 15 is 0 Å². The first-order valence-corrected chi connectivity index (χ1v) is 12.0. The number of phenolic OH excluding ortho intramolecular Hbond substituents is 2. The highest BCUT2D eigenvalue weighted by atomic mass is 16.7. The summed E-state index contributed by atoms with van der Waals surface area (Å²) in [6, 6.07) is 9.22. The molecule has 0 saturated carbocycles. The molecule has 2 aromatic rings. The summed E-state index contributed by atoms with van der Waals surface area (Å²) >= 11 is 0. The van der Waals surface area contributed by atoms with Crippen LogP contribution in [0.25, 0.3) is 0 Å². The summed E-state index contributed by atoms with van der Waals surface area (Å²) in [5.41, 5.74) is -0.551. The molecule has 2 fully saturated rings. The van der Waals surface area contributed by atoms with Gasteiger partial charge in [-0.2, -0.15) is 0 Å². The number of hydrogen-bond acceptors (Lipinski definition) is 12. The van der Waals surface area contributed by atoms with Crippen molar-refractivity contribution in [2.24, 2.45) is 5.92 Å². The summed E-state index contributed by atoms with van der Waals surface area (Å²) in [7, 11) is 2.79. The number of benzene rings is 2. The van der Waals surface area contributed by atoms with Gasteiger partial charge in [0.25, 0.3) is 0 Å². The number of carbonyl (C=O) groups excluding carboxylic acids is 1. The molecule has 0 aromatic heterocycles. The molecule has 2 heterocycles. The first-order valence-electron chi connectivity index (χ1n) is 12.0. The Morgan fingerprint density at radius 1 is 0.921 bits per heavy atom. The Labute approximate surface area is 218 Å². The van der Waals surface area contributed by atoms with Gasteiger partial charge in [-0.1, -0.05) is 12.1 Å². The van der Waals surface area contributed by atoms with Crippen molar-refractivity contribution in [1.29, 1.82) is 0 Å². The molecular weight excluding hydrogens is 504 g/mol. The van der Waals surface area contributed by atoms with E-state index in [2.05, 4.69) is 0 Å². The highest BCUT2D eigenvalue weighted by Gasteiger charge is 2.57. The van der Waals surface area contributed by atoms with Crippen LogP contribution in [-0.4, -0.2) is 100 Å². The number of aliphatic hydroxyl groups is 4. The van der Waals surface area contributed by atoms with Gasteiger partial charge >= 0.3 is 5.97 Å². The molecule has 38 heavy (non-hydrogen) atoms. The van der Waals surface area contributed by atoms with Crippen LogP contribution in [0.3, 0.4) is 0 Å². The van der Waals surface area contributed by atoms with Crippen molar-refractivity contribution in [3.63, 3.8) is 0 Å². The fraction of sp³-hybridized carbons (Fsp3) is 0.500. The summed E-state index contributed by atoms with van der Waals surface area (Å²) in [5, 5.41) is 60.7. The molecule has 2 aliphatic heterocycles. The largest absolute Gasteiger partial charge is 0.504 e. The SMILES string of the molecule is COc1cc(C[C@@H]2COC(=O)[C@@]2(Cc2ccc(O)c(OC)c2)O[C@@H]2O[C@H](CO)[C@@H](O)[C@H](O)[C@H]2O)ccc1O. The molecule has 2 saturated heterocycles. The number of rotatable bonds is 9. The average molecular weight is 537 g/mol. The Bertz CT molecular complexity index is 1140. The number of hydrogen-bond donors (Lipinski definition) is 6. The van der Waals surface area contributed by atoms with E-state index in [0.717, 1.165) is 0 Å². The van der Waals surface area contributed by atoms with Crippen LogP contribution in [0, 0.1) is 5.92 Å². The molecule has 0 unspecified atom stereocenters. The van der Waals surface area contributed by atoms with Gasteiger partial charge in [-0.05, 0) is 41.8 Å². The van der Waals surface area contributed by atoms with Crippen molar-refractivity contribution in [2.75, 3.05) is 27.4 Å². The summed E-state index contributed by atoms with van der Waals surface area (Å²) in [6.07, 6.45) is -7.81. The quantitative estimate of drug-likeness (QED) is 0.229. The third kappa shape index (κ3) is 5.23. The van der Waals surface area contributed by atoms with E-state index in [1.807, 2.05) is 0 Å². The highest BCUT2D eigenvalue weighted by molar-refractivity contribution is 5.83. The molecule has 6 N–H and O–H groups in total. The minimum Gasteiger partial charge on any atom is -0.504 e. The predicted octanol–water partition coefficient (Wildman–Crippen LogP) is -0.371. The van der Waals surface area contributed by atoms with Crippen molar-refractivity contribution in [3.05, 3.63) is 47.5 Å². The normalized spacial score (nSPS) is 31.2. The maximum atomic E-state index is 13.4. The molecular formula is C26H32O12. The van der Waals surface area contributed by atoms with E-state index in [4.69, 9.17) is 23.7 Å². The zero-order valence-electron chi connectivity index (χ0n) is 20.9. The summed E-state index contributed by atoms with van der Waals surface area (Å²) in [4.78, 5) is 13.4. The molecule has 208 valence electrons. The van der Waals surface area contributed by atoms with Crippen molar-refractivity contribution in [2.45, 2.75) is 49.1 Å². The molecule has 12 nitrogen and oxygen atoms in total. The third-order valence-electron chi connectivity index (χ3n) is 7.03. The molecule has 0 aliphatic carbocycles. The van der Waals surface area contributed by atoms with Gasteiger partial charge in [-0.25, -0.2) is 4.79 Å². The lowest BCUT2D eigenvalue weighted by Crippen LogP contribution is -2.62. The topological polar surface area (TPSA) is 185 Å². The van der Waals surface area contributed by atoms with Gasteiger partial charge in [-0.3, -0.25) is 0 Å². The number of phenols is 2. The van der Waals surface area contributed by atoms with E-state index < -0.39 is 54.8 Å². The van der Waals surface area contributed by atoms with Crippen molar-refractivity contribution >= 4 is 5.97 Å². The van der Waals surface area contributed by atoms with Gasteiger partial charge in [0.2, 0.25) is 0 Å². The van der Waals surface area contributed by atoms with Gasteiger partial charge in [0.15, 0.2) is 34.9 Å². The van der Waals surface area contributed by atoms with Crippen LogP contribution >= 0.6 is 0 Å². The average Bonchev–Trinajstić information content (AvgIpc) is 3.20. The van der Waals surface area contributed by atoms with E-state index in [1.54, 1.807) is 18.2 Å². The maximum absolute atomic E-state index is 13.4. The first-order chi connectivity index (χ1) is 18.1. The number of ether oxygens (including phenoxy) is 5. The van der Waals surface area contributed by atoms with E-state index in [9.17, 15) is 35.4 Å². The van der Waals surface area contributed by atoms with Crippen LogP contribution in [0.5, 0.6) is 23.0 Å². The minimum absolute atomic E-state index is 0.0602. The van der Waals surface area contributed by atoms with Gasteiger partial charge < -0.3 is 54.3 Å². The lowest BCUT2D eigenvalue weighted by Gasteiger charge is -2.43. The second kappa shape index (κ2) is 11.3. The number of cyclic esters (lactones) is 1. The van der Waals surface area contributed by atoms with E-state index in [-0.39, 0.29) is 42.4 Å². The second-order valence-electron chi connectivity index (χ2n) is 9.39. The van der Waals surface area contributed by atoms with Gasteiger partial charge in [0, 0.05) is 12.3 Å². The van der Waals surface area contributed by atoms with Crippen LogP contribution < -0.4 is 9.47 Å². The molecule has 0 radical (unpaired) electrons. The molecule has 7 atom stereocenters. The zero-order valence-corrected chi connectivity index (χ0v) is 20.9. The highest BCUT2D eigenvalue weighted by Crippen LogP contribution is 2.41. The lowest BCUT2D eigenvalue weighted by atomic mass is 9.80. The van der Waals surface area contributed by atoms with Gasteiger partial charge in [0.1, 0.15) is 24.4 Å². The van der Waals surface area contributed by atoms with E-state index in [1.165, 1.54) is 32.4 Å². The lowest BCUT2D eigenvalue weighted by molar-refractivity contribution is -0.325.